The minimum atomic E-state index is -1.03. The number of aryl methyl sites for hydroxylation is 1. The molecule has 0 aliphatic carbocycles. The van der Waals surface area contributed by atoms with Gasteiger partial charge in [-0.15, -0.1) is 0 Å². The van der Waals surface area contributed by atoms with Crippen molar-refractivity contribution >= 4 is 12.4 Å². The number of amides is 1. The van der Waals surface area contributed by atoms with Gasteiger partial charge in [0.05, 0.1) is 0 Å². The summed E-state index contributed by atoms with van der Waals surface area (Å²) in [6.45, 7) is 1.82. The Morgan fingerprint density at radius 1 is 1.47 bits per heavy atom. The van der Waals surface area contributed by atoms with Crippen LogP contribution in [0.4, 0.5) is 0 Å². The number of carbonyl (C=O) groups is 2. The Bertz CT molecular complexity index is 376. The lowest BCUT2D eigenvalue weighted by molar-refractivity contribution is -0.145. The highest BCUT2D eigenvalue weighted by Gasteiger charge is 2.24. The van der Waals surface area contributed by atoms with Crippen LogP contribution in [0.3, 0.4) is 0 Å². The Balaban J connectivity index is 3.15. The highest BCUT2D eigenvalue weighted by molar-refractivity contribution is 5.78. The summed E-state index contributed by atoms with van der Waals surface area (Å²) in [4.78, 5) is 22.8. The molecule has 80 valence electrons. The van der Waals surface area contributed by atoms with Crippen LogP contribution < -0.4 is 0 Å². The van der Waals surface area contributed by atoms with Crippen LogP contribution in [0.25, 0.3) is 0 Å². The highest BCUT2D eigenvalue weighted by atomic mass is 16.4. The van der Waals surface area contributed by atoms with E-state index in [4.69, 9.17) is 5.11 Å². The number of hydrogen-bond acceptors (Lipinski definition) is 2. The second-order valence-corrected chi connectivity index (χ2v) is 3.37. The number of likely N-dealkylation sites (N-methyl/N-ethyl adjacent to an activating group) is 1. The minimum absolute atomic E-state index is 0.519. The van der Waals surface area contributed by atoms with E-state index < -0.39 is 12.0 Å². The van der Waals surface area contributed by atoms with Gasteiger partial charge < -0.3 is 10.0 Å². The summed E-state index contributed by atoms with van der Waals surface area (Å²) in [6, 6.07) is 6.22. The van der Waals surface area contributed by atoms with E-state index in [1.807, 2.05) is 19.1 Å². The van der Waals surface area contributed by atoms with Crippen molar-refractivity contribution in [3.63, 3.8) is 0 Å². The lowest BCUT2D eigenvalue weighted by atomic mass is 10.0. The number of aliphatic carboxylic acids is 1. The largest absolute Gasteiger partial charge is 0.479 e. The molecule has 0 aliphatic heterocycles. The number of benzene rings is 1. The van der Waals surface area contributed by atoms with Crippen LogP contribution in [0.2, 0.25) is 0 Å². The topological polar surface area (TPSA) is 57.6 Å². The van der Waals surface area contributed by atoms with Gasteiger partial charge in [0.1, 0.15) is 0 Å². The molecule has 4 heteroatoms. The fourth-order valence-electron chi connectivity index (χ4n) is 1.48. The lowest BCUT2D eigenvalue weighted by Gasteiger charge is -2.22. The number of carboxylic acids is 1. The summed E-state index contributed by atoms with van der Waals surface area (Å²) in [6.07, 6.45) is 0.519. The van der Waals surface area contributed by atoms with E-state index in [1.54, 1.807) is 12.1 Å². The molecule has 1 aromatic rings. The smallest absolute Gasteiger partial charge is 0.331 e. The van der Waals surface area contributed by atoms with Crippen molar-refractivity contribution in [2.75, 3.05) is 7.05 Å². The lowest BCUT2D eigenvalue weighted by Crippen LogP contribution is -2.30. The van der Waals surface area contributed by atoms with Crippen molar-refractivity contribution in [2.45, 2.75) is 13.0 Å². The van der Waals surface area contributed by atoms with Crippen LogP contribution >= 0.6 is 0 Å². The van der Waals surface area contributed by atoms with Crippen molar-refractivity contribution in [1.82, 2.24) is 4.90 Å². The fraction of sp³-hybridized carbons (Fsp3) is 0.273. The first-order chi connectivity index (χ1) is 7.07. The summed E-state index contributed by atoms with van der Waals surface area (Å²) < 4.78 is 0. The molecule has 0 aromatic heterocycles. The van der Waals surface area contributed by atoms with E-state index in [0.717, 1.165) is 10.5 Å². The SMILES string of the molecule is Cc1ccccc1C(C(=O)O)N(C)C=O. The molecule has 4 nitrogen and oxygen atoms in total. The predicted molar refractivity (Wildman–Crippen MR) is 55.4 cm³/mol. The average Bonchev–Trinajstić information content (AvgIpc) is 2.20. The maximum Gasteiger partial charge on any atom is 0.331 e. The molecule has 1 aromatic carbocycles. The molecule has 1 atom stereocenters. The van der Waals surface area contributed by atoms with Crippen molar-refractivity contribution in [2.24, 2.45) is 0 Å². The molecule has 0 aliphatic rings. The van der Waals surface area contributed by atoms with Crippen LogP contribution in [-0.2, 0) is 9.59 Å². The zero-order valence-electron chi connectivity index (χ0n) is 8.68. The van der Waals surface area contributed by atoms with Crippen molar-refractivity contribution < 1.29 is 14.7 Å². The first kappa shape index (κ1) is 11.2. The number of carboxylic acid groups (broad SMARTS) is 1. The third kappa shape index (κ3) is 2.34. The Morgan fingerprint density at radius 2 is 2.07 bits per heavy atom. The molecule has 0 saturated heterocycles. The highest BCUT2D eigenvalue weighted by Crippen LogP contribution is 2.21. The van der Waals surface area contributed by atoms with Crippen LogP contribution in [-0.4, -0.2) is 29.4 Å². The summed E-state index contributed by atoms with van der Waals surface area (Å²) in [5, 5.41) is 9.05. The van der Waals surface area contributed by atoms with Crippen LogP contribution in [0.1, 0.15) is 17.2 Å². The second kappa shape index (κ2) is 4.59. The molecule has 0 radical (unpaired) electrons. The zero-order valence-corrected chi connectivity index (χ0v) is 8.68. The predicted octanol–water partition coefficient (Wildman–Crippen LogP) is 1.21. The normalized spacial score (nSPS) is 11.9. The standard InChI is InChI=1S/C11H13NO3/c1-8-5-3-4-6-9(8)10(11(14)15)12(2)7-13/h3-7,10H,1-2H3,(H,14,15). The quantitative estimate of drug-likeness (QED) is 0.755. The van der Waals surface area contributed by atoms with Gasteiger partial charge in [0.25, 0.3) is 0 Å². The summed E-state index contributed by atoms with van der Waals surface area (Å²) >= 11 is 0. The van der Waals surface area contributed by atoms with Crippen molar-refractivity contribution in [1.29, 1.82) is 0 Å². The van der Waals surface area contributed by atoms with Crippen LogP contribution in [0, 0.1) is 6.92 Å². The third-order valence-corrected chi connectivity index (χ3v) is 2.29. The molecule has 15 heavy (non-hydrogen) atoms. The second-order valence-electron chi connectivity index (χ2n) is 3.37. The molecule has 1 rings (SSSR count). The molecule has 1 N–H and O–H groups in total. The summed E-state index contributed by atoms with van der Waals surface area (Å²) in [7, 11) is 1.46. The van der Waals surface area contributed by atoms with Gasteiger partial charge in [-0.05, 0) is 18.1 Å². The van der Waals surface area contributed by atoms with Gasteiger partial charge >= 0.3 is 5.97 Å². The van der Waals surface area contributed by atoms with E-state index in [1.165, 1.54) is 7.05 Å². The van der Waals surface area contributed by atoms with E-state index in [0.29, 0.717) is 12.0 Å². The molecule has 1 unspecified atom stereocenters. The van der Waals surface area contributed by atoms with Gasteiger partial charge in [-0.1, -0.05) is 24.3 Å². The Kier molecular flexibility index (Phi) is 3.44. The molecule has 0 saturated carbocycles. The van der Waals surface area contributed by atoms with Crippen molar-refractivity contribution in [3.05, 3.63) is 35.4 Å². The van der Waals surface area contributed by atoms with E-state index >= 15 is 0 Å². The molecule has 0 spiro atoms. The van der Waals surface area contributed by atoms with Gasteiger partial charge in [-0.3, -0.25) is 4.79 Å². The molecule has 0 bridgehead atoms. The van der Waals surface area contributed by atoms with E-state index in [-0.39, 0.29) is 0 Å². The summed E-state index contributed by atoms with van der Waals surface area (Å²) in [5.74, 6) is -1.03. The van der Waals surface area contributed by atoms with Crippen LogP contribution in [0.5, 0.6) is 0 Å². The van der Waals surface area contributed by atoms with Gasteiger partial charge in [-0.2, -0.15) is 0 Å². The average molecular weight is 207 g/mol. The molecule has 0 heterocycles. The maximum atomic E-state index is 11.1. The van der Waals surface area contributed by atoms with E-state index in [2.05, 4.69) is 0 Å². The molecule has 0 fully saturated rings. The minimum Gasteiger partial charge on any atom is -0.479 e. The molecular weight excluding hydrogens is 194 g/mol. The first-order valence-electron chi connectivity index (χ1n) is 4.53. The number of hydrogen-bond donors (Lipinski definition) is 1. The van der Waals surface area contributed by atoms with Gasteiger partial charge in [0.2, 0.25) is 6.41 Å². The number of rotatable bonds is 4. The van der Waals surface area contributed by atoms with Gasteiger partial charge in [0, 0.05) is 7.05 Å². The Labute approximate surface area is 88.1 Å². The Morgan fingerprint density at radius 3 is 2.53 bits per heavy atom. The van der Waals surface area contributed by atoms with Crippen molar-refractivity contribution in [3.8, 4) is 0 Å². The zero-order chi connectivity index (χ0) is 11.4. The monoisotopic (exact) mass is 207 g/mol. The van der Waals surface area contributed by atoms with Gasteiger partial charge in [0.15, 0.2) is 6.04 Å². The molecule has 1 amide bonds. The first-order valence-corrected chi connectivity index (χ1v) is 4.53. The fourth-order valence-corrected chi connectivity index (χ4v) is 1.48. The Hall–Kier alpha value is -1.84. The number of nitrogens with zero attached hydrogens (tertiary/aromatic N) is 1. The van der Waals surface area contributed by atoms with Gasteiger partial charge in [-0.25, -0.2) is 4.79 Å². The third-order valence-electron chi connectivity index (χ3n) is 2.29. The molecular formula is C11H13NO3. The summed E-state index contributed by atoms with van der Waals surface area (Å²) in [5.41, 5.74) is 1.50. The van der Waals surface area contributed by atoms with E-state index in [9.17, 15) is 9.59 Å². The number of carbonyl (C=O) groups excluding carboxylic acids is 1. The van der Waals surface area contributed by atoms with Crippen LogP contribution in [0.15, 0.2) is 24.3 Å². The maximum absolute atomic E-state index is 11.1.